The van der Waals surface area contributed by atoms with Gasteiger partial charge in [-0.15, -0.1) is 0 Å². The second kappa shape index (κ2) is 6.35. The van der Waals surface area contributed by atoms with Crippen molar-refractivity contribution >= 4 is 17.5 Å². The number of halogens is 3. The molecule has 3 rings (SSSR count). The van der Waals surface area contributed by atoms with E-state index in [4.69, 9.17) is 0 Å². The number of nitrogens with zero attached hydrogens (tertiary/aromatic N) is 1. The summed E-state index contributed by atoms with van der Waals surface area (Å²) in [6, 6.07) is 8.67. The van der Waals surface area contributed by atoms with Crippen LogP contribution in [0.2, 0.25) is 0 Å². The first-order valence-corrected chi connectivity index (χ1v) is 7.25. The lowest BCUT2D eigenvalue weighted by Gasteiger charge is -2.38. The molecular weight excluding hydrogens is 321 g/mol. The molecule has 0 radical (unpaired) electrons. The van der Waals surface area contributed by atoms with E-state index in [2.05, 4.69) is 5.32 Å². The number of likely N-dealkylation sites (tertiary alicyclic amines) is 1. The molecule has 0 aliphatic carbocycles. The molecule has 7 heteroatoms. The average Bonchev–Trinajstić information content (AvgIpc) is 2.50. The van der Waals surface area contributed by atoms with Gasteiger partial charge in [-0.25, -0.2) is 13.2 Å². The maximum atomic E-state index is 13.5. The fourth-order valence-corrected chi connectivity index (χ4v) is 2.42. The average molecular weight is 334 g/mol. The van der Waals surface area contributed by atoms with Gasteiger partial charge < -0.3 is 10.2 Å². The summed E-state index contributed by atoms with van der Waals surface area (Å²) in [7, 11) is 0. The van der Waals surface area contributed by atoms with E-state index in [0.29, 0.717) is 0 Å². The molecule has 24 heavy (non-hydrogen) atoms. The van der Waals surface area contributed by atoms with Gasteiger partial charge in [0.25, 0.3) is 5.91 Å². The van der Waals surface area contributed by atoms with Crippen LogP contribution in [0.15, 0.2) is 42.5 Å². The highest BCUT2D eigenvalue weighted by Gasteiger charge is 2.36. The highest BCUT2D eigenvalue weighted by molar-refractivity contribution is 5.98. The van der Waals surface area contributed by atoms with E-state index in [1.807, 2.05) is 0 Å². The molecule has 124 valence electrons. The predicted molar refractivity (Wildman–Crippen MR) is 80.8 cm³/mol. The van der Waals surface area contributed by atoms with Gasteiger partial charge in [0.1, 0.15) is 5.82 Å². The lowest BCUT2D eigenvalue weighted by Crippen LogP contribution is -2.54. The number of hydrogen-bond donors (Lipinski definition) is 1. The van der Waals surface area contributed by atoms with Gasteiger partial charge in [-0.1, -0.05) is 12.1 Å². The Balaban J connectivity index is 1.58. The quantitative estimate of drug-likeness (QED) is 0.938. The van der Waals surface area contributed by atoms with Crippen LogP contribution in [-0.4, -0.2) is 29.8 Å². The van der Waals surface area contributed by atoms with Crippen LogP contribution in [-0.2, 0) is 4.79 Å². The third kappa shape index (κ3) is 3.10. The normalized spacial score (nSPS) is 14.2. The van der Waals surface area contributed by atoms with Crippen molar-refractivity contribution in [3.8, 4) is 0 Å². The predicted octanol–water partition coefficient (Wildman–Crippen LogP) is 2.81. The van der Waals surface area contributed by atoms with Gasteiger partial charge in [-0.05, 0) is 30.3 Å². The van der Waals surface area contributed by atoms with E-state index in [-0.39, 0.29) is 24.3 Å². The SMILES string of the molecule is O=C(Nc1ccccc1F)C1CN(C(=O)c2ccc(F)c(F)c2)C1. The molecule has 1 aliphatic heterocycles. The topological polar surface area (TPSA) is 49.4 Å². The van der Waals surface area contributed by atoms with Gasteiger partial charge in [-0.2, -0.15) is 0 Å². The summed E-state index contributed by atoms with van der Waals surface area (Å²) in [6.07, 6.45) is 0. The number of amides is 2. The van der Waals surface area contributed by atoms with Crippen LogP contribution in [0.5, 0.6) is 0 Å². The zero-order valence-corrected chi connectivity index (χ0v) is 12.4. The van der Waals surface area contributed by atoms with Crippen LogP contribution in [0, 0.1) is 23.4 Å². The summed E-state index contributed by atoms with van der Waals surface area (Å²) in [5.74, 6) is -4.02. The highest BCUT2D eigenvalue weighted by Crippen LogP contribution is 2.22. The summed E-state index contributed by atoms with van der Waals surface area (Å²) in [6.45, 7) is 0.274. The highest BCUT2D eigenvalue weighted by atomic mass is 19.2. The van der Waals surface area contributed by atoms with E-state index >= 15 is 0 Å². The first-order chi connectivity index (χ1) is 11.5. The Morgan fingerprint density at radius 2 is 1.67 bits per heavy atom. The molecule has 0 bridgehead atoms. The van der Waals surface area contributed by atoms with Crippen molar-refractivity contribution in [1.29, 1.82) is 0 Å². The number of para-hydroxylation sites is 1. The number of benzene rings is 2. The largest absolute Gasteiger partial charge is 0.337 e. The minimum Gasteiger partial charge on any atom is -0.337 e. The van der Waals surface area contributed by atoms with Crippen molar-refractivity contribution < 1.29 is 22.8 Å². The van der Waals surface area contributed by atoms with Crippen molar-refractivity contribution in [3.05, 3.63) is 65.5 Å². The second-order valence-corrected chi connectivity index (χ2v) is 5.51. The molecule has 2 aromatic carbocycles. The Morgan fingerprint density at radius 1 is 0.958 bits per heavy atom. The smallest absolute Gasteiger partial charge is 0.254 e. The summed E-state index contributed by atoms with van der Waals surface area (Å²) in [5, 5.41) is 2.47. The minimum atomic E-state index is -1.10. The third-order valence-electron chi connectivity index (χ3n) is 3.84. The number of nitrogens with one attached hydrogen (secondary N) is 1. The molecule has 1 heterocycles. The maximum Gasteiger partial charge on any atom is 0.254 e. The standard InChI is InChI=1S/C17H13F3N2O2/c18-12-6-5-10(7-14(12)20)17(24)22-8-11(9-22)16(23)21-15-4-2-1-3-13(15)19/h1-7,11H,8-9H2,(H,21,23). The molecule has 1 fully saturated rings. The van der Waals surface area contributed by atoms with Crippen molar-refractivity contribution in [2.45, 2.75) is 0 Å². The van der Waals surface area contributed by atoms with E-state index in [1.165, 1.54) is 29.2 Å². The summed E-state index contributed by atoms with van der Waals surface area (Å²) >= 11 is 0. The van der Waals surface area contributed by atoms with Crippen LogP contribution in [0.4, 0.5) is 18.9 Å². The Morgan fingerprint density at radius 3 is 2.33 bits per heavy atom. The number of rotatable bonds is 3. The zero-order valence-electron chi connectivity index (χ0n) is 12.4. The number of carbonyl (C=O) groups excluding carboxylic acids is 2. The lowest BCUT2D eigenvalue weighted by atomic mass is 9.97. The maximum absolute atomic E-state index is 13.5. The molecule has 2 amide bonds. The second-order valence-electron chi connectivity index (χ2n) is 5.51. The van der Waals surface area contributed by atoms with Gasteiger partial charge in [0.15, 0.2) is 11.6 Å². The molecule has 1 N–H and O–H groups in total. The zero-order chi connectivity index (χ0) is 17.3. The minimum absolute atomic E-state index is 0.0156. The summed E-state index contributed by atoms with van der Waals surface area (Å²) in [4.78, 5) is 25.5. The monoisotopic (exact) mass is 334 g/mol. The van der Waals surface area contributed by atoms with Crippen molar-refractivity contribution in [2.75, 3.05) is 18.4 Å². The van der Waals surface area contributed by atoms with Gasteiger partial charge >= 0.3 is 0 Å². The van der Waals surface area contributed by atoms with Crippen LogP contribution >= 0.6 is 0 Å². The van der Waals surface area contributed by atoms with Gasteiger partial charge in [0, 0.05) is 18.7 Å². The van der Waals surface area contributed by atoms with Gasteiger partial charge in [0.2, 0.25) is 5.91 Å². The Hall–Kier alpha value is -2.83. The molecule has 2 aromatic rings. The Kier molecular flexibility index (Phi) is 4.24. The number of carbonyl (C=O) groups is 2. The van der Waals surface area contributed by atoms with E-state index in [0.717, 1.165) is 12.1 Å². The first kappa shape index (κ1) is 16.0. The Bertz CT molecular complexity index is 804. The molecule has 0 aromatic heterocycles. The van der Waals surface area contributed by atoms with Crippen molar-refractivity contribution in [1.82, 2.24) is 4.90 Å². The van der Waals surface area contributed by atoms with Crippen LogP contribution in [0.1, 0.15) is 10.4 Å². The molecule has 0 unspecified atom stereocenters. The molecule has 0 spiro atoms. The van der Waals surface area contributed by atoms with Gasteiger partial charge in [-0.3, -0.25) is 9.59 Å². The molecule has 0 saturated carbocycles. The van der Waals surface area contributed by atoms with Crippen LogP contribution < -0.4 is 5.32 Å². The fourth-order valence-electron chi connectivity index (χ4n) is 2.42. The van der Waals surface area contributed by atoms with Gasteiger partial charge in [0.05, 0.1) is 11.6 Å². The first-order valence-electron chi connectivity index (χ1n) is 7.25. The lowest BCUT2D eigenvalue weighted by molar-refractivity contribution is -0.123. The molecular formula is C17H13F3N2O2. The number of hydrogen-bond acceptors (Lipinski definition) is 2. The Labute approximate surface area is 135 Å². The van der Waals surface area contributed by atoms with E-state index < -0.39 is 35.2 Å². The van der Waals surface area contributed by atoms with Crippen LogP contribution in [0.25, 0.3) is 0 Å². The number of anilines is 1. The summed E-state index contributed by atoms with van der Waals surface area (Å²) < 4.78 is 39.5. The molecule has 0 atom stereocenters. The third-order valence-corrected chi connectivity index (χ3v) is 3.84. The summed E-state index contributed by atoms with van der Waals surface area (Å²) in [5.41, 5.74) is 0.0924. The van der Waals surface area contributed by atoms with Crippen molar-refractivity contribution in [2.24, 2.45) is 5.92 Å². The fraction of sp³-hybridized carbons (Fsp3) is 0.176. The van der Waals surface area contributed by atoms with E-state index in [9.17, 15) is 22.8 Å². The molecule has 1 aliphatic rings. The van der Waals surface area contributed by atoms with Crippen molar-refractivity contribution in [3.63, 3.8) is 0 Å². The molecule has 4 nitrogen and oxygen atoms in total. The molecule has 1 saturated heterocycles. The van der Waals surface area contributed by atoms with E-state index in [1.54, 1.807) is 6.07 Å². The van der Waals surface area contributed by atoms with Crippen LogP contribution in [0.3, 0.4) is 0 Å².